The second-order valence-electron chi connectivity index (χ2n) is 3.74. The Kier molecular flexibility index (Phi) is 2.91. The van der Waals surface area contributed by atoms with Crippen LogP contribution in [0.15, 0.2) is 36.4 Å². The van der Waals surface area contributed by atoms with Gasteiger partial charge in [0.25, 0.3) is 0 Å². The summed E-state index contributed by atoms with van der Waals surface area (Å²) >= 11 is 0. The van der Waals surface area contributed by atoms with Crippen molar-refractivity contribution in [2.45, 2.75) is 12.8 Å². The predicted molar refractivity (Wildman–Crippen MR) is 64.6 cm³/mol. The average molecular weight is 213 g/mol. The summed E-state index contributed by atoms with van der Waals surface area (Å²) in [5.41, 5.74) is 0.913. The molecule has 0 amide bonds. The number of fused-ring (bicyclic) bond motifs is 1. The minimum atomic E-state index is -0.277. The van der Waals surface area contributed by atoms with Gasteiger partial charge in [-0.25, -0.2) is 0 Å². The minimum absolute atomic E-state index is 0.277. The fourth-order valence-electron chi connectivity index (χ4n) is 1.96. The van der Waals surface area contributed by atoms with Crippen LogP contribution in [0.2, 0.25) is 0 Å². The first-order valence-electron chi connectivity index (χ1n) is 5.21. The van der Waals surface area contributed by atoms with Crippen molar-refractivity contribution in [1.29, 1.82) is 0 Å². The van der Waals surface area contributed by atoms with Gasteiger partial charge in [-0.05, 0) is 16.8 Å². The van der Waals surface area contributed by atoms with Gasteiger partial charge in [-0.15, -0.1) is 0 Å². The molecule has 16 heavy (non-hydrogen) atoms. The monoisotopic (exact) mass is 213 g/mol. The molecule has 0 N–H and O–H groups in total. The maximum Gasteiger partial charge on any atom is 0.206 e. The van der Waals surface area contributed by atoms with E-state index in [-0.39, 0.29) is 5.92 Å². The van der Waals surface area contributed by atoms with Crippen molar-refractivity contribution in [3.63, 3.8) is 0 Å². The summed E-state index contributed by atoms with van der Waals surface area (Å²) in [6, 6.07) is 11.9. The van der Waals surface area contributed by atoms with Crippen molar-refractivity contribution in [3.05, 3.63) is 42.0 Å². The van der Waals surface area contributed by atoms with Crippen molar-refractivity contribution < 1.29 is 9.53 Å². The number of carbonyl (C=O) groups excluding carboxylic acids is 1. The molecule has 2 aromatic carbocycles. The van der Waals surface area contributed by atoms with Crippen LogP contribution >= 0.6 is 0 Å². The van der Waals surface area contributed by atoms with Crippen molar-refractivity contribution in [2.24, 2.45) is 0 Å². The third kappa shape index (κ3) is 1.67. The molecule has 0 saturated carbocycles. The van der Waals surface area contributed by atoms with Crippen LogP contribution in [0.5, 0.6) is 5.75 Å². The lowest BCUT2D eigenvalue weighted by Crippen LogP contribution is -1.99. The van der Waals surface area contributed by atoms with Crippen molar-refractivity contribution in [3.8, 4) is 5.75 Å². The van der Waals surface area contributed by atoms with E-state index in [0.29, 0.717) is 0 Å². The van der Waals surface area contributed by atoms with Gasteiger partial charge in [0.15, 0.2) is 0 Å². The Hall–Kier alpha value is -1.83. The van der Waals surface area contributed by atoms with E-state index in [1.807, 2.05) is 49.6 Å². The molecule has 0 bridgehead atoms. The lowest BCUT2D eigenvalue weighted by molar-refractivity contribution is 0.409. The SMILES string of the molecule is COc1ccc2ccccc2c1C(C)[C]=O. The smallest absolute Gasteiger partial charge is 0.206 e. The van der Waals surface area contributed by atoms with Gasteiger partial charge in [0.2, 0.25) is 6.29 Å². The topological polar surface area (TPSA) is 26.3 Å². The molecule has 2 rings (SSSR count). The first-order valence-corrected chi connectivity index (χ1v) is 5.21. The van der Waals surface area contributed by atoms with Crippen LogP contribution in [0.1, 0.15) is 18.4 Å². The van der Waals surface area contributed by atoms with Gasteiger partial charge >= 0.3 is 0 Å². The van der Waals surface area contributed by atoms with Gasteiger partial charge in [0.05, 0.1) is 13.0 Å². The molecule has 2 nitrogen and oxygen atoms in total. The van der Waals surface area contributed by atoms with Crippen LogP contribution in [0.25, 0.3) is 10.8 Å². The predicted octanol–water partition coefficient (Wildman–Crippen LogP) is 3.06. The van der Waals surface area contributed by atoms with E-state index in [1.165, 1.54) is 0 Å². The van der Waals surface area contributed by atoms with Crippen LogP contribution in [-0.4, -0.2) is 13.4 Å². The number of ether oxygens (including phenoxy) is 1. The highest BCUT2D eigenvalue weighted by Gasteiger charge is 2.14. The molecule has 0 saturated heterocycles. The standard InChI is InChI=1S/C14H13O2/c1-10(9-15)14-12-6-4-3-5-11(12)7-8-13(14)16-2/h3-8,10H,1-2H3. The Morgan fingerprint density at radius 3 is 2.62 bits per heavy atom. The molecular formula is C14H13O2. The summed E-state index contributed by atoms with van der Waals surface area (Å²) in [5, 5.41) is 2.16. The van der Waals surface area contributed by atoms with Gasteiger partial charge in [-0.1, -0.05) is 37.3 Å². The van der Waals surface area contributed by atoms with E-state index in [2.05, 4.69) is 0 Å². The highest BCUT2D eigenvalue weighted by atomic mass is 16.5. The summed E-state index contributed by atoms with van der Waals surface area (Å²) in [6.07, 6.45) is 2.02. The number of hydrogen-bond acceptors (Lipinski definition) is 2. The average Bonchev–Trinajstić information content (AvgIpc) is 2.36. The Bertz CT molecular complexity index is 517. The van der Waals surface area contributed by atoms with E-state index in [0.717, 1.165) is 22.1 Å². The summed E-state index contributed by atoms with van der Waals surface area (Å²) in [7, 11) is 1.62. The Labute approximate surface area is 94.8 Å². The van der Waals surface area contributed by atoms with Crippen LogP contribution in [-0.2, 0) is 4.79 Å². The van der Waals surface area contributed by atoms with Crippen molar-refractivity contribution in [2.75, 3.05) is 7.11 Å². The maximum absolute atomic E-state index is 10.8. The fraction of sp³-hybridized carbons (Fsp3) is 0.214. The van der Waals surface area contributed by atoms with Crippen LogP contribution in [0.4, 0.5) is 0 Å². The number of rotatable bonds is 3. The minimum Gasteiger partial charge on any atom is -0.496 e. The van der Waals surface area contributed by atoms with E-state index in [4.69, 9.17) is 4.74 Å². The van der Waals surface area contributed by atoms with Gasteiger partial charge in [0.1, 0.15) is 5.75 Å². The Morgan fingerprint density at radius 1 is 1.19 bits per heavy atom. The molecular weight excluding hydrogens is 200 g/mol. The fourth-order valence-corrected chi connectivity index (χ4v) is 1.96. The largest absolute Gasteiger partial charge is 0.496 e. The molecule has 0 spiro atoms. The van der Waals surface area contributed by atoms with E-state index in [9.17, 15) is 4.79 Å². The molecule has 1 atom stereocenters. The molecule has 0 heterocycles. The van der Waals surface area contributed by atoms with E-state index < -0.39 is 0 Å². The molecule has 1 unspecified atom stereocenters. The van der Waals surface area contributed by atoms with Crippen LogP contribution in [0, 0.1) is 0 Å². The lowest BCUT2D eigenvalue weighted by atomic mass is 9.95. The Morgan fingerprint density at radius 2 is 1.94 bits per heavy atom. The molecule has 2 heteroatoms. The molecule has 81 valence electrons. The second-order valence-corrected chi connectivity index (χ2v) is 3.74. The maximum atomic E-state index is 10.8. The summed E-state index contributed by atoms with van der Waals surface area (Å²) < 4.78 is 5.30. The first kappa shape index (κ1) is 10.7. The summed E-state index contributed by atoms with van der Waals surface area (Å²) in [6.45, 7) is 1.83. The van der Waals surface area contributed by atoms with Crippen LogP contribution in [0.3, 0.4) is 0 Å². The molecule has 2 aromatic rings. The molecule has 0 aliphatic carbocycles. The van der Waals surface area contributed by atoms with E-state index in [1.54, 1.807) is 7.11 Å². The van der Waals surface area contributed by atoms with Crippen molar-refractivity contribution >= 4 is 17.1 Å². The number of methoxy groups -OCH3 is 1. The molecule has 0 aliphatic heterocycles. The lowest BCUT2D eigenvalue weighted by Gasteiger charge is -2.13. The zero-order chi connectivity index (χ0) is 11.5. The van der Waals surface area contributed by atoms with Gasteiger partial charge in [-0.3, -0.25) is 4.79 Å². The van der Waals surface area contributed by atoms with Crippen molar-refractivity contribution in [1.82, 2.24) is 0 Å². The third-order valence-electron chi connectivity index (χ3n) is 2.76. The second kappa shape index (κ2) is 4.35. The van der Waals surface area contributed by atoms with Gasteiger partial charge < -0.3 is 4.74 Å². The molecule has 1 radical (unpaired) electrons. The third-order valence-corrected chi connectivity index (χ3v) is 2.76. The Balaban J connectivity index is 2.77. The number of hydrogen-bond donors (Lipinski definition) is 0. The summed E-state index contributed by atoms with van der Waals surface area (Å²) in [5.74, 6) is 0.468. The van der Waals surface area contributed by atoms with Crippen LogP contribution < -0.4 is 4.74 Å². The highest BCUT2D eigenvalue weighted by Crippen LogP contribution is 2.32. The number of benzene rings is 2. The molecule has 0 aromatic heterocycles. The normalized spacial score (nSPS) is 12.4. The van der Waals surface area contributed by atoms with Gasteiger partial charge in [-0.2, -0.15) is 0 Å². The highest BCUT2D eigenvalue weighted by molar-refractivity contribution is 5.90. The van der Waals surface area contributed by atoms with Gasteiger partial charge in [0, 0.05) is 5.56 Å². The zero-order valence-electron chi connectivity index (χ0n) is 9.36. The quantitative estimate of drug-likeness (QED) is 0.783. The molecule has 0 aliphatic rings. The zero-order valence-corrected chi connectivity index (χ0v) is 9.36. The molecule has 0 fully saturated rings. The first-order chi connectivity index (χ1) is 7.77. The van der Waals surface area contributed by atoms with E-state index >= 15 is 0 Å². The summed E-state index contributed by atoms with van der Waals surface area (Å²) in [4.78, 5) is 10.8.